The maximum absolute atomic E-state index is 12.4. The first kappa shape index (κ1) is 16.2. The molecule has 0 radical (unpaired) electrons. The van der Waals surface area contributed by atoms with E-state index < -0.39 is 0 Å². The summed E-state index contributed by atoms with van der Waals surface area (Å²) in [5, 5.41) is 11.3. The molecule has 1 fully saturated rings. The lowest BCUT2D eigenvalue weighted by atomic mass is 9.99. The SMILES string of the molecule is COc1ccc(Nc2ccc(C(=O)N3CCC(C)CC3)nn2)cc1. The van der Waals surface area contributed by atoms with Crippen LogP contribution in [0.15, 0.2) is 36.4 Å². The number of nitrogens with zero attached hydrogens (tertiary/aromatic N) is 3. The van der Waals surface area contributed by atoms with Crippen LogP contribution in [-0.4, -0.2) is 41.2 Å². The molecule has 1 N–H and O–H groups in total. The fourth-order valence-electron chi connectivity index (χ4n) is 2.71. The van der Waals surface area contributed by atoms with Gasteiger partial charge >= 0.3 is 0 Å². The van der Waals surface area contributed by atoms with Crippen LogP contribution in [0.1, 0.15) is 30.3 Å². The number of piperidine rings is 1. The molecule has 6 heteroatoms. The van der Waals surface area contributed by atoms with Crippen molar-refractivity contribution >= 4 is 17.4 Å². The van der Waals surface area contributed by atoms with Crippen LogP contribution in [-0.2, 0) is 0 Å². The summed E-state index contributed by atoms with van der Waals surface area (Å²) in [4.78, 5) is 14.3. The van der Waals surface area contributed by atoms with Crippen LogP contribution in [0, 0.1) is 5.92 Å². The third-order valence-electron chi connectivity index (χ3n) is 4.32. The summed E-state index contributed by atoms with van der Waals surface area (Å²) in [5.74, 6) is 2.05. The van der Waals surface area contributed by atoms with Crippen molar-refractivity contribution < 1.29 is 9.53 Å². The van der Waals surface area contributed by atoms with Crippen LogP contribution >= 0.6 is 0 Å². The maximum atomic E-state index is 12.4. The highest BCUT2D eigenvalue weighted by atomic mass is 16.5. The zero-order chi connectivity index (χ0) is 16.9. The second kappa shape index (κ2) is 7.29. The highest BCUT2D eigenvalue weighted by Crippen LogP contribution is 2.20. The van der Waals surface area contributed by atoms with E-state index in [1.54, 1.807) is 19.2 Å². The van der Waals surface area contributed by atoms with Gasteiger partial charge in [0.2, 0.25) is 0 Å². The molecule has 1 aliphatic rings. The largest absolute Gasteiger partial charge is 0.497 e. The second-order valence-corrected chi connectivity index (χ2v) is 6.13. The minimum Gasteiger partial charge on any atom is -0.497 e. The molecular weight excluding hydrogens is 304 g/mol. The van der Waals surface area contributed by atoms with E-state index in [-0.39, 0.29) is 5.91 Å². The number of hydrogen-bond donors (Lipinski definition) is 1. The van der Waals surface area contributed by atoms with Crippen molar-refractivity contribution in [2.24, 2.45) is 5.92 Å². The first-order valence-corrected chi connectivity index (χ1v) is 8.20. The average molecular weight is 326 g/mol. The molecule has 0 spiro atoms. The van der Waals surface area contributed by atoms with Gasteiger partial charge in [0, 0.05) is 18.8 Å². The Hall–Kier alpha value is -2.63. The molecule has 1 aliphatic heterocycles. The van der Waals surface area contributed by atoms with Crippen molar-refractivity contribution in [1.29, 1.82) is 0 Å². The van der Waals surface area contributed by atoms with Gasteiger partial charge in [-0.1, -0.05) is 6.92 Å². The van der Waals surface area contributed by atoms with E-state index >= 15 is 0 Å². The predicted octanol–water partition coefficient (Wildman–Crippen LogP) is 3.10. The van der Waals surface area contributed by atoms with Crippen molar-refractivity contribution in [3.63, 3.8) is 0 Å². The third kappa shape index (κ3) is 3.82. The Kier molecular flexibility index (Phi) is 4.93. The number of carbonyl (C=O) groups excluding carboxylic acids is 1. The van der Waals surface area contributed by atoms with Gasteiger partial charge in [-0.25, -0.2) is 0 Å². The standard InChI is InChI=1S/C18H22N4O2/c1-13-9-11-22(12-10-13)18(23)16-7-8-17(21-20-16)19-14-3-5-15(24-2)6-4-14/h3-8,13H,9-12H2,1-2H3,(H,19,21). The molecule has 1 aromatic heterocycles. The van der Waals surface area contributed by atoms with Crippen LogP contribution in [0.4, 0.5) is 11.5 Å². The van der Waals surface area contributed by atoms with E-state index in [1.165, 1.54) is 0 Å². The van der Waals surface area contributed by atoms with E-state index in [4.69, 9.17) is 4.74 Å². The van der Waals surface area contributed by atoms with Crippen molar-refractivity contribution in [3.05, 3.63) is 42.1 Å². The monoisotopic (exact) mass is 326 g/mol. The van der Waals surface area contributed by atoms with Crippen LogP contribution < -0.4 is 10.1 Å². The second-order valence-electron chi connectivity index (χ2n) is 6.13. The molecule has 2 heterocycles. The van der Waals surface area contributed by atoms with Gasteiger partial charge in [-0.05, 0) is 55.2 Å². The molecule has 3 rings (SSSR count). The number of likely N-dealkylation sites (tertiary alicyclic amines) is 1. The molecule has 6 nitrogen and oxygen atoms in total. The maximum Gasteiger partial charge on any atom is 0.274 e. The fourth-order valence-corrected chi connectivity index (χ4v) is 2.71. The van der Waals surface area contributed by atoms with Gasteiger partial charge in [0.05, 0.1) is 7.11 Å². The number of aromatic nitrogens is 2. The predicted molar refractivity (Wildman–Crippen MR) is 92.6 cm³/mol. The Morgan fingerprint density at radius 2 is 1.83 bits per heavy atom. The summed E-state index contributed by atoms with van der Waals surface area (Å²) in [6.07, 6.45) is 2.10. The molecule has 0 unspecified atom stereocenters. The first-order chi connectivity index (χ1) is 11.7. The Bertz CT molecular complexity index is 677. The van der Waals surface area contributed by atoms with E-state index in [9.17, 15) is 4.79 Å². The molecule has 24 heavy (non-hydrogen) atoms. The van der Waals surface area contributed by atoms with Crippen LogP contribution in [0.5, 0.6) is 5.75 Å². The van der Waals surface area contributed by atoms with Crippen molar-refractivity contribution in [2.45, 2.75) is 19.8 Å². The molecule has 1 aromatic carbocycles. The summed E-state index contributed by atoms with van der Waals surface area (Å²) in [7, 11) is 1.63. The zero-order valence-electron chi connectivity index (χ0n) is 14.0. The number of benzene rings is 1. The number of anilines is 2. The van der Waals surface area contributed by atoms with E-state index in [0.717, 1.165) is 37.4 Å². The number of rotatable bonds is 4. The van der Waals surface area contributed by atoms with Gasteiger partial charge in [0.25, 0.3) is 5.91 Å². The molecule has 2 aromatic rings. The van der Waals surface area contributed by atoms with Crippen molar-refractivity contribution in [3.8, 4) is 5.75 Å². The van der Waals surface area contributed by atoms with Gasteiger partial charge in [-0.15, -0.1) is 10.2 Å². The highest BCUT2D eigenvalue weighted by molar-refractivity contribution is 5.92. The van der Waals surface area contributed by atoms with Crippen LogP contribution in [0.2, 0.25) is 0 Å². The lowest BCUT2D eigenvalue weighted by Crippen LogP contribution is -2.38. The number of hydrogen-bond acceptors (Lipinski definition) is 5. The Morgan fingerprint density at radius 3 is 2.42 bits per heavy atom. The van der Waals surface area contributed by atoms with Crippen molar-refractivity contribution in [2.75, 3.05) is 25.5 Å². The average Bonchev–Trinajstić information content (AvgIpc) is 2.63. The Balaban J connectivity index is 1.63. The fraction of sp³-hybridized carbons (Fsp3) is 0.389. The minimum absolute atomic E-state index is 0.0367. The Morgan fingerprint density at radius 1 is 1.12 bits per heavy atom. The lowest BCUT2D eigenvalue weighted by molar-refractivity contribution is 0.0690. The quantitative estimate of drug-likeness (QED) is 0.935. The summed E-state index contributed by atoms with van der Waals surface area (Å²) in [6, 6.07) is 11.0. The normalized spacial score (nSPS) is 15.2. The number of nitrogens with one attached hydrogen (secondary N) is 1. The van der Waals surface area contributed by atoms with Gasteiger partial charge < -0.3 is 15.0 Å². The van der Waals surface area contributed by atoms with Gasteiger partial charge in [0.1, 0.15) is 5.75 Å². The van der Waals surface area contributed by atoms with Gasteiger partial charge in [0.15, 0.2) is 11.5 Å². The molecule has 1 amide bonds. The number of carbonyl (C=O) groups is 1. The summed E-state index contributed by atoms with van der Waals surface area (Å²) in [6.45, 7) is 3.82. The zero-order valence-corrected chi connectivity index (χ0v) is 14.0. The third-order valence-corrected chi connectivity index (χ3v) is 4.32. The van der Waals surface area contributed by atoms with E-state index in [2.05, 4.69) is 22.4 Å². The smallest absolute Gasteiger partial charge is 0.274 e. The molecule has 0 aliphatic carbocycles. The lowest BCUT2D eigenvalue weighted by Gasteiger charge is -2.29. The van der Waals surface area contributed by atoms with Gasteiger partial charge in [-0.3, -0.25) is 4.79 Å². The minimum atomic E-state index is -0.0367. The number of ether oxygens (including phenoxy) is 1. The highest BCUT2D eigenvalue weighted by Gasteiger charge is 2.22. The molecule has 0 bridgehead atoms. The summed E-state index contributed by atoms with van der Waals surface area (Å²) < 4.78 is 5.13. The molecular formula is C18H22N4O2. The number of amides is 1. The summed E-state index contributed by atoms with van der Waals surface area (Å²) in [5.41, 5.74) is 1.28. The Labute approximate surface area is 141 Å². The van der Waals surface area contributed by atoms with Crippen LogP contribution in [0.3, 0.4) is 0 Å². The summed E-state index contributed by atoms with van der Waals surface area (Å²) >= 11 is 0. The van der Waals surface area contributed by atoms with Crippen molar-refractivity contribution in [1.82, 2.24) is 15.1 Å². The topological polar surface area (TPSA) is 67.3 Å². The number of methoxy groups -OCH3 is 1. The molecule has 126 valence electrons. The molecule has 0 atom stereocenters. The molecule has 1 saturated heterocycles. The molecule has 0 saturated carbocycles. The van der Waals surface area contributed by atoms with Gasteiger partial charge in [-0.2, -0.15) is 0 Å². The van der Waals surface area contributed by atoms with E-state index in [1.807, 2.05) is 29.2 Å². The van der Waals surface area contributed by atoms with E-state index in [0.29, 0.717) is 17.4 Å². The van der Waals surface area contributed by atoms with Crippen LogP contribution in [0.25, 0.3) is 0 Å². The first-order valence-electron chi connectivity index (χ1n) is 8.20.